The van der Waals surface area contributed by atoms with Crippen molar-refractivity contribution in [3.8, 4) is 101 Å². The van der Waals surface area contributed by atoms with E-state index in [4.69, 9.17) is 0 Å². The standard InChI is InChI=1S/C66H49N3.C2H6/c1-4-13-45(3)55-26-46(41-67)28-57(32-55)62-35-61(36-63(37-62)58-29-47(42-68)27-56(33-58)52-19-11-18-51(30-52)48-14-7-5-8-15-48)53-20-12-21-54(31-53)65-40-66(69-43-65)64-38-59(49-16-9-6-10-17-49)34-60(39-64)50-24-22-44(2)23-25-50;1-2/h4-22,24-40,43-44,69H,3,23H2,1-2H3;1-2H3/b13-4-;. The first-order chi connectivity index (χ1) is 34.8. The lowest BCUT2D eigenvalue weighted by molar-refractivity contribution is 0.739. The molecule has 1 atom stereocenters. The zero-order chi connectivity index (χ0) is 49.3. The zero-order valence-corrected chi connectivity index (χ0v) is 40.7. The van der Waals surface area contributed by atoms with Gasteiger partial charge in [0.15, 0.2) is 0 Å². The summed E-state index contributed by atoms with van der Waals surface area (Å²) in [5.74, 6) is 0.536. The highest BCUT2D eigenvalue weighted by molar-refractivity contribution is 5.88. The number of H-pyrrole nitrogens is 1. The topological polar surface area (TPSA) is 63.4 Å². The second-order valence-corrected chi connectivity index (χ2v) is 17.9. The summed E-state index contributed by atoms with van der Waals surface area (Å²) in [7, 11) is 0. The summed E-state index contributed by atoms with van der Waals surface area (Å²) < 4.78 is 0. The fourth-order valence-corrected chi connectivity index (χ4v) is 9.30. The van der Waals surface area contributed by atoms with E-state index in [0.717, 1.165) is 95.6 Å². The molecule has 1 N–H and O–H groups in total. The lowest BCUT2D eigenvalue weighted by Gasteiger charge is -2.15. The van der Waals surface area contributed by atoms with Gasteiger partial charge in [0, 0.05) is 11.9 Å². The van der Waals surface area contributed by atoms with Gasteiger partial charge in [-0.15, -0.1) is 0 Å². The van der Waals surface area contributed by atoms with Crippen LogP contribution in [0.4, 0.5) is 0 Å². The van der Waals surface area contributed by atoms with Crippen molar-refractivity contribution in [2.75, 3.05) is 0 Å². The molecule has 9 aromatic rings. The Bertz CT molecular complexity index is 3580. The van der Waals surface area contributed by atoms with Crippen LogP contribution in [-0.2, 0) is 0 Å². The zero-order valence-electron chi connectivity index (χ0n) is 40.7. The van der Waals surface area contributed by atoms with E-state index in [0.29, 0.717) is 17.0 Å². The molecule has 0 bridgehead atoms. The van der Waals surface area contributed by atoms with Gasteiger partial charge in [-0.1, -0.05) is 155 Å². The summed E-state index contributed by atoms with van der Waals surface area (Å²) in [4.78, 5) is 3.63. The number of aromatic amines is 1. The largest absolute Gasteiger partial charge is 0.361 e. The van der Waals surface area contributed by atoms with E-state index >= 15 is 0 Å². The Labute approximate surface area is 419 Å². The molecule has 0 fully saturated rings. The Morgan fingerprint density at radius 2 is 0.915 bits per heavy atom. The molecule has 0 spiro atoms. The molecular weight excluding hydrogens is 859 g/mol. The van der Waals surface area contributed by atoms with Crippen molar-refractivity contribution in [2.45, 2.75) is 34.1 Å². The minimum Gasteiger partial charge on any atom is -0.361 e. The quantitative estimate of drug-likeness (QED) is 0.131. The summed E-state index contributed by atoms with van der Waals surface area (Å²) in [5.41, 5.74) is 22.0. The highest BCUT2D eigenvalue weighted by Gasteiger charge is 2.16. The number of nitriles is 2. The van der Waals surface area contributed by atoms with Crippen molar-refractivity contribution in [1.29, 1.82) is 10.5 Å². The Hall–Kier alpha value is -9.02. The van der Waals surface area contributed by atoms with Crippen molar-refractivity contribution in [1.82, 2.24) is 4.98 Å². The number of hydrogen-bond acceptors (Lipinski definition) is 2. The molecule has 1 aliphatic carbocycles. The van der Waals surface area contributed by atoms with E-state index in [1.54, 1.807) is 0 Å². The third-order valence-corrected chi connectivity index (χ3v) is 13.0. The summed E-state index contributed by atoms with van der Waals surface area (Å²) in [5, 5.41) is 20.6. The smallest absolute Gasteiger partial charge is 0.0992 e. The second-order valence-electron chi connectivity index (χ2n) is 17.9. The fourth-order valence-electron chi connectivity index (χ4n) is 9.30. The molecule has 1 aromatic heterocycles. The number of hydrogen-bond donors (Lipinski definition) is 1. The van der Waals surface area contributed by atoms with E-state index in [9.17, 15) is 10.5 Å². The number of nitrogens with zero attached hydrogens (tertiary/aromatic N) is 2. The number of nitrogens with one attached hydrogen (secondary N) is 1. The molecule has 0 amide bonds. The van der Waals surface area contributed by atoms with E-state index in [1.165, 1.54) is 22.3 Å². The third-order valence-electron chi connectivity index (χ3n) is 13.0. The highest BCUT2D eigenvalue weighted by Crippen LogP contribution is 2.39. The van der Waals surface area contributed by atoms with Crippen LogP contribution in [0.1, 0.15) is 56.4 Å². The normalized spacial score (nSPS) is 12.9. The summed E-state index contributed by atoms with van der Waals surface area (Å²) >= 11 is 0. The molecule has 1 aliphatic rings. The monoisotopic (exact) mass is 913 g/mol. The number of benzene rings is 8. The minimum absolute atomic E-state index is 0.536. The molecule has 8 aromatic carbocycles. The Balaban J connectivity index is 0.00000308. The van der Waals surface area contributed by atoms with Crippen LogP contribution in [-0.4, -0.2) is 4.98 Å². The SMILES string of the molecule is C=C(/C=C\C)c1cc(C#N)cc(-c2cc(-c3cccc(-c4c[nH]c(-c5cc(C6=CCC(C)C=C6)cc(-c6ccccc6)c5)c4)c3)cc(-c3cc(C#N)cc(-c4cccc(-c5ccccc5)c4)c3)c2)c1.CC. The number of aromatic nitrogens is 1. The Morgan fingerprint density at radius 1 is 0.493 bits per heavy atom. The fraction of sp³-hybridized carbons (Fsp3) is 0.0882. The van der Waals surface area contributed by atoms with Crippen molar-refractivity contribution in [3.05, 3.63) is 253 Å². The van der Waals surface area contributed by atoms with Gasteiger partial charge in [-0.25, -0.2) is 0 Å². The first-order valence-corrected chi connectivity index (χ1v) is 24.4. The molecule has 71 heavy (non-hydrogen) atoms. The van der Waals surface area contributed by atoms with Crippen molar-refractivity contribution < 1.29 is 0 Å². The highest BCUT2D eigenvalue weighted by atomic mass is 14.7. The maximum absolute atomic E-state index is 10.4. The maximum atomic E-state index is 10.4. The molecule has 0 saturated carbocycles. The third kappa shape index (κ3) is 10.7. The van der Waals surface area contributed by atoms with Crippen molar-refractivity contribution in [3.63, 3.8) is 0 Å². The van der Waals surface area contributed by atoms with Crippen LogP contribution >= 0.6 is 0 Å². The predicted molar refractivity (Wildman–Crippen MR) is 300 cm³/mol. The minimum atomic E-state index is 0.536. The molecule has 342 valence electrons. The van der Waals surface area contributed by atoms with Crippen LogP contribution in [0.2, 0.25) is 0 Å². The van der Waals surface area contributed by atoms with Gasteiger partial charge in [0.1, 0.15) is 0 Å². The molecule has 0 aliphatic heterocycles. The van der Waals surface area contributed by atoms with Crippen molar-refractivity contribution >= 4 is 11.1 Å². The van der Waals surface area contributed by atoms with Crippen molar-refractivity contribution in [2.24, 2.45) is 5.92 Å². The van der Waals surface area contributed by atoms with Gasteiger partial charge in [0.2, 0.25) is 0 Å². The number of rotatable bonds is 11. The van der Waals surface area contributed by atoms with E-state index in [1.807, 2.05) is 75.4 Å². The second kappa shape index (κ2) is 21.5. The first-order valence-electron chi connectivity index (χ1n) is 24.4. The van der Waals surface area contributed by atoms with Crippen LogP contribution in [0.3, 0.4) is 0 Å². The van der Waals surface area contributed by atoms with Crippen LogP contribution in [0.15, 0.2) is 231 Å². The van der Waals surface area contributed by atoms with Gasteiger partial charge in [-0.05, 0) is 216 Å². The average molecular weight is 914 g/mol. The molecule has 3 heteroatoms. The molecule has 1 heterocycles. The molecule has 10 rings (SSSR count). The maximum Gasteiger partial charge on any atom is 0.0992 e. The Kier molecular flexibility index (Phi) is 14.3. The molecular formula is C68H55N3. The van der Waals surface area contributed by atoms with Crippen LogP contribution in [0.5, 0.6) is 0 Å². The predicted octanol–water partition coefficient (Wildman–Crippen LogP) is 18.7. The van der Waals surface area contributed by atoms with Gasteiger partial charge in [0.05, 0.1) is 23.3 Å². The molecule has 0 radical (unpaired) electrons. The van der Waals surface area contributed by atoms with E-state index in [-0.39, 0.29) is 0 Å². The van der Waals surface area contributed by atoms with Crippen LogP contribution in [0, 0.1) is 28.6 Å². The molecule has 1 unspecified atom stereocenters. The van der Waals surface area contributed by atoms with Gasteiger partial charge in [0.25, 0.3) is 0 Å². The van der Waals surface area contributed by atoms with Gasteiger partial charge in [-0.3, -0.25) is 0 Å². The summed E-state index contributed by atoms with van der Waals surface area (Å²) in [6, 6.07) is 70.7. The average Bonchev–Trinajstić information content (AvgIpc) is 3.95. The molecule has 3 nitrogen and oxygen atoms in total. The van der Waals surface area contributed by atoms with E-state index in [2.05, 4.69) is 201 Å². The summed E-state index contributed by atoms with van der Waals surface area (Å²) in [6.45, 7) is 12.5. The van der Waals surface area contributed by atoms with Crippen LogP contribution < -0.4 is 0 Å². The van der Waals surface area contributed by atoms with Gasteiger partial charge >= 0.3 is 0 Å². The van der Waals surface area contributed by atoms with Crippen LogP contribution in [0.25, 0.3) is 100 Å². The first kappa shape index (κ1) is 47.1. The Morgan fingerprint density at radius 3 is 1.48 bits per heavy atom. The lowest BCUT2D eigenvalue weighted by atomic mass is 9.89. The van der Waals surface area contributed by atoms with Gasteiger partial charge < -0.3 is 4.98 Å². The van der Waals surface area contributed by atoms with Gasteiger partial charge in [-0.2, -0.15) is 10.5 Å². The lowest BCUT2D eigenvalue weighted by Crippen LogP contribution is -1.95. The molecule has 0 saturated heterocycles. The summed E-state index contributed by atoms with van der Waals surface area (Å²) in [6.07, 6.45) is 14.0. The van der Waals surface area contributed by atoms with E-state index < -0.39 is 0 Å². The number of allylic oxidation sites excluding steroid dienone is 7.